The number of fused-ring (bicyclic) bond motifs is 1. The van der Waals surface area contributed by atoms with Gasteiger partial charge in [-0.05, 0) is 56.2 Å². The van der Waals surface area contributed by atoms with E-state index in [4.69, 9.17) is 38.4 Å². The third-order valence-corrected chi connectivity index (χ3v) is 6.89. The van der Waals surface area contributed by atoms with E-state index in [-0.39, 0.29) is 24.7 Å². The SMILES string of the molecule is CCn1nc(C)cc1C(=O)Nc1nc2cc(C(N)=O)cc(OC)c2n1CCCNC(=O)OCc1ccc(Cl)c(Cl)c1. The molecular weight excluding hydrogens is 573 g/mol. The zero-order chi connectivity index (χ0) is 29.7. The summed E-state index contributed by atoms with van der Waals surface area (Å²) in [4.78, 5) is 41.9. The molecule has 0 fully saturated rings. The van der Waals surface area contributed by atoms with Gasteiger partial charge in [0.25, 0.3) is 5.91 Å². The highest BCUT2D eigenvalue weighted by Crippen LogP contribution is 2.31. The number of carbonyl (C=O) groups excluding carboxylic acids is 3. The second-order valence-corrected chi connectivity index (χ2v) is 9.86. The summed E-state index contributed by atoms with van der Waals surface area (Å²) in [5, 5.41) is 10.7. The minimum absolute atomic E-state index is 0.0261. The molecular formula is C27H29Cl2N7O5. The van der Waals surface area contributed by atoms with E-state index >= 15 is 0 Å². The molecule has 0 saturated carbocycles. The molecule has 0 atom stereocenters. The van der Waals surface area contributed by atoms with Gasteiger partial charge in [0, 0.05) is 25.2 Å². The van der Waals surface area contributed by atoms with Gasteiger partial charge in [0.05, 0.1) is 28.4 Å². The van der Waals surface area contributed by atoms with Crippen molar-refractivity contribution in [1.82, 2.24) is 24.6 Å². The van der Waals surface area contributed by atoms with Crippen LogP contribution in [0.25, 0.3) is 11.0 Å². The number of benzene rings is 2. The molecule has 41 heavy (non-hydrogen) atoms. The summed E-state index contributed by atoms with van der Waals surface area (Å²) in [6.45, 7) is 4.82. The van der Waals surface area contributed by atoms with E-state index in [1.54, 1.807) is 40.4 Å². The molecule has 4 rings (SSSR count). The van der Waals surface area contributed by atoms with Gasteiger partial charge >= 0.3 is 6.09 Å². The largest absolute Gasteiger partial charge is 0.494 e. The van der Waals surface area contributed by atoms with Crippen LogP contribution < -0.4 is 21.1 Å². The Balaban J connectivity index is 1.51. The molecule has 0 saturated heterocycles. The van der Waals surface area contributed by atoms with E-state index in [1.165, 1.54) is 19.2 Å². The summed E-state index contributed by atoms with van der Waals surface area (Å²) in [5.41, 5.74) is 8.44. The van der Waals surface area contributed by atoms with Crippen LogP contribution in [-0.2, 0) is 24.4 Å². The van der Waals surface area contributed by atoms with Gasteiger partial charge in [0.15, 0.2) is 0 Å². The summed E-state index contributed by atoms with van der Waals surface area (Å²) < 4.78 is 14.1. The summed E-state index contributed by atoms with van der Waals surface area (Å²) in [6, 6.07) is 9.71. The number of methoxy groups -OCH3 is 1. The highest BCUT2D eigenvalue weighted by Gasteiger charge is 2.21. The van der Waals surface area contributed by atoms with Crippen LogP contribution in [0.1, 0.15) is 45.4 Å². The van der Waals surface area contributed by atoms with Crippen LogP contribution in [0.4, 0.5) is 10.7 Å². The van der Waals surface area contributed by atoms with Crippen LogP contribution >= 0.6 is 23.2 Å². The monoisotopic (exact) mass is 601 g/mol. The molecule has 3 amide bonds. The van der Waals surface area contributed by atoms with Crippen molar-refractivity contribution in [1.29, 1.82) is 0 Å². The first-order valence-electron chi connectivity index (χ1n) is 12.7. The second kappa shape index (κ2) is 12.9. The maximum Gasteiger partial charge on any atom is 0.407 e. The molecule has 2 heterocycles. The molecule has 12 nitrogen and oxygen atoms in total. The number of anilines is 1. The predicted octanol–water partition coefficient (Wildman–Crippen LogP) is 4.54. The first-order valence-corrected chi connectivity index (χ1v) is 13.4. The lowest BCUT2D eigenvalue weighted by Gasteiger charge is -2.13. The number of halogens is 2. The normalized spacial score (nSPS) is 11.0. The second-order valence-electron chi connectivity index (χ2n) is 9.04. The van der Waals surface area contributed by atoms with Crippen LogP contribution in [0, 0.1) is 6.92 Å². The van der Waals surface area contributed by atoms with Gasteiger partial charge in [-0.3, -0.25) is 19.6 Å². The van der Waals surface area contributed by atoms with Crippen LogP contribution in [0.3, 0.4) is 0 Å². The van der Waals surface area contributed by atoms with Gasteiger partial charge in [-0.25, -0.2) is 9.78 Å². The van der Waals surface area contributed by atoms with E-state index in [1.807, 2.05) is 6.92 Å². The summed E-state index contributed by atoms with van der Waals surface area (Å²) in [6.07, 6.45) is -0.157. The number of amides is 3. The maximum absolute atomic E-state index is 13.2. The fourth-order valence-electron chi connectivity index (χ4n) is 4.23. The smallest absolute Gasteiger partial charge is 0.407 e. The van der Waals surface area contributed by atoms with E-state index in [0.29, 0.717) is 63.3 Å². The first kappa shape index (κ1) is 29.7. The zero-order valence-electron chi connectivity index (χ0n) is 22.7. The average Bonchev–Trinajstić information content (AvgIpc) is 3.50. The Morgan fingerprint density at radius 3 is 2.56 bits per heavy atom. The maximum atomic E-state index is 13.2. The van der Waals surface area contributed by atoms with Gasteiger partial charge in [-0.1, -0.05) is 29.3 Å². The molecule has 2 aromatic carbocycles. The molecule has 14 heteroatoms. The minimum Gasteiger partial charge on any atom is -0.494 e. The standard InChI is InChI=1S/C27H29Cl2N7O5/c1-4-36-21(10-15(2)34-36)25(38)33-26-32-20-12-17(24(30)37)13-22(40-3)23(20)35(26)9-5-8-31-27(39)41-14-16-6-7-18(28)19(29)11-16/h6-7,10-13H,4-5,8-9,14H2,1-3H3,(H2,30,37)(H,31,39)(H,32,33,38). The van der Waals surface area contributed by atoms with Gasteiger partial charge in [0.1, 0.15) is 23.6 Å². The summed E-state index contributed by atoms with van der Waals surface area (Å²) in [7, 11) is 1.46. The van der Waals surface area contributed by atoms with E-state index in [2.05, 4.69) is 20.7 Å². The van der Waals surface area contributed by atoms with Gasteiger partial charge < -0.3 is 25.1 Å². The van der Waals surface area contributed by atoms with Crippen LogP contribution in [0.15, 0.2) is 36.4 Å². The number of carbonyl (C=O) groups is 3. The number of hydrogen-bond donors (Lipinski definition) is 3. The molecule has 0 bridgehead atoms. The van der Waals surface area contributed by atoms with Crippen molar-refractivity contribution < 1.29 is 23.9 Å². The lowest BCUT2D eigenvalue weighted by atomic mass is 10.1. The van der Waals surface area contributed by atoms with Crippen molar-refractivity contribution >= 4 is 58.1 Å². The number of aromatic nitrogens is 4. The van der Waals surface area contributed by atoms with Crippen molar-refractivity contribution in [2.45, 2.75) is 40.0 Å². The number of imidazole rings is 1. The molecule has 0 aliphatic carbocycles. The number of primary amides is 1. The third-order valence-electron chi connectivity index (χ3n) is 6.15. The molecule has 4 aromatic rings. The molecule has 216 valence electrons. The van der Waals surface area contributed by atoms with Crippen molar-refractivity contribution in [3.63, 3.8) is 0 Å². The number of nitrogens with two attached hydrogens (primary N) is 1. The Morgan fingerprint density at radius 1 is 1.10 bits per heavy atom. The van der Waals surface area contributed by atoms with Gasteiger partial charge in [-0.15, -0.1) is 0 Å². The number of nitrogens with one attached hydrogen (secondary N) is 2. The van der Waals surface area contributed by atoms with E-state index in [9.17, 15) is 14.4 Å². The summed E-state index contributed by atoms with van der Waals surface area (Å²) >= 11 is 11.9. The van der Waals surface area contributed by atoms with Crippen LogP contribution in [0.2, 0.25) is 10.0 Å². The van der Waals surface area contributed by atoms with Gasteiger partial charge in [-0.2, -0.15) is 5.10 Å². The van der Waals surface area contributed by atoms with Crippen LogP contribution in [0.5, 0.6) is 5.75 Å². The zero-order valence-corrected chi connectivity index (χ0v) is 24.2. The lowest BCUT2D eigenvalue weighted by Crippen LogP contribution is -2.26. The Morgan fingerprint density at radius 2 is 1.88 bits per heavy atom. The number of rotatable bonds is 11. The minimum atomic E-state index is -0.642. The Labute approximate surface area is 245 Å². The fraction of sp³-hybridized carbons (Fsp3) is 0.296. The predicted molar refractivity (Wildman–Crippen MR) is 155 cm³/mol. The van der Waals surface area contributed by atoms with Gasteiger partial charge in [0.2, 0.25) is 11.9 Å². The fourth-order valence-corrected chi connectivity index (χ4v) is 4.55. The number of alkyl carbamates (subject to hydrolysis) is 1. The first-order chi connectivity index (χ1) is 19.6. The number of ether oxygens (including phenoxy) is 2. The molecule has 0 aliphatic rings. The van der Waals surface area contributed by atoms with Crippen LogP contribution in [-0.4, -0.2) is 50.9 Å². The highest BCUT2D eigenvalue weighted by atomic mass is 35.5. The molecule has 0 radical (unpaired) electrons. The average molecular weight is 602 g/mol. The molecule has 0 aliphatic heterocycles. The van der Waals surface area contributed by atoms with E-state index in [0.717, 1.165) is 0 Å². The van der Waals surface area contributed by atoms with Crippen molar-refractivity contribution in [2.75, 3.05) is 19.0 Å². The number of nitrogens with zero attached hydrogens (tertiary/aromatic N) is 4. The summed E-state index contributed by atoms with van der Waals surface area (Å²) in [5.74, 6) is -0.459. The van der Waals surface area contributed by atoms with Crippen molar-refractivity contribution in [2.24, 2.45) is 5.73 Å². The highest BCUT2D eigenvalue weighted by molar-refractivity contribution is 6.42. The quantitative estimate of drug-likeness (QED) is 0.213. The molecule has 0 unspecified atom stereocenters. The molecule has 4 N–H and O–H groups in total. The Kier molecular flexibility index (Phi) is 9.35. The Hall–Kier alpha value is -4.29. The molecule has 2 aromatic heterocycles. The van der Waals surface area contributed by atoms with Crippen molar-refractivity contribution in [3.8, 4) is 5.75 Å². The third kappa shape index (κ3) is 6.90. The van der Waals surface area contributed by atoms with E-state index < -0.39 is 17.9 Å². The lowest BCUT2D eigenvalue weighted by molar-refractivity contribution is 0.0995. The molecule has 0 spiro atoms. The van der Waals surface area contributed by atoms with Crippen molar-refractivity contribution in [3.05, 3.63) is 69.0 Å². The topological polar surface area (TPSA) is 155 Å². The Bertz CT molecular complexity index is 1620. The number of hydrogen-bond acceptors (Lipinski definition) is 7. The number of aryl methyl sites for hydroxylation is 3.